The number of anilines is 1. The number of ether oxygens (including phenoxy) is 1. The third-order valence-corrected chi connectivity index (χ3v) is 5.82. The fourth-order valence-corrected chi connectivity index (χ4v) is 3.84. The molecule has 0 aliphatic carbocycles. The van der Waals surface area contributed by atoms with Crippen LogP contribution in [0.1, 0.15) is 11.1 Å². The Labute approximate surface area is 176 Å². The van der Waals surface area contributed by atoms with E-state index in [0.29, 0.717) is 13.2 Å². The van der Waals surface area contributed by atoms with Gasteiger partial charge >= 0.3 is 0 Å². The van der Waals surface area contributed by atoms with Crippen LogP contribution in [0.4, 0.5) is 5.69 Å². The van der Waals surface area contributed by atoms with E-state index in [1.54, 1.807) is 12.1 Å². The molecule has 0 radical (unpaired) electrons. The summed E-state index contributed by atoms with van der Waals surface area (Å²) in [7, 11) is -3.70. The summed E-state index contributed by atoms with van der Waals surface area (Å²) in [6, 6.07) is 28.6. The predicted molar refractivity (Wildman–Crippen MR) is 120 cm³/mol. The summed E-state index contributed by atoms with van der Waals surface area (Å²) in [4.78, 5) is 0.0881. The van der Waals surface area contributed by atoms with E-state index >= 15 is 0 Å². The minimum atomic E-state index is -3.70. The van der Waals surface area contributed by atoms with Gasteiger partial charge in [-0.15, -0.1) is 0 Å². The van der Waals surface area contributed by atoms with E-state index in [4.69, 9.17) is 9.88 Å². The molecule has 5 nitrogen and oxygen atoms in total. The minimum Gasteiger partial charge on any atom is -0.489 e. The average Bonchev–Trinajstić information content (AvgIpc) is 2.77. The molecule has 6 heteroatoms. The van der Waals surface area contributed by atoms with Crippen molar-refractivity contribution in [3.05, 3.63) is 102 Å². The van der Waals surface area contributed by atoms with Gasteiger partial charge < -0.3 is 10.1 Å². The number of hydrogen-bond donors (Lipinski definition) is 2. The van der Waals surface area contributed by atoms with Gasteiger partial charge in [0.05, 0.1) is 4.90 Å². The zero-order valence-electron chi connectivity index (χ0n) is 16.3. The molecular weight excluding hydrogens is 396 g/mol. The largest absolute Gasteiger partial charge is 0.489 e. The van der Waals surface area contributed by atoms with Gasteiger partial charge in [-0.05, 0) is 46.7 Å². The summed E-state index contributed by atoms with van der Waals surface area (Å²) in [5.74, 6) is 0.811. The highest BCUT2D eigenvalue weighted by Crippen LogP contribution is 2.30. The van der Waals surface area contributed by atoms with Crippen molar-refractivity contribution in [1.82, 2.24) is 0 Å². The van der Waals surface area contributed by atoms with E-state index < -0.39 is 10.0 Å². The zero-order valence-corrected chi connectivity index (χ0v) is 17.1. The molecule has 0 heterocycles. The van der Waals surface area contributed by atoms with Crippen LogP contribution in [0.3, 0.4) is 0 Å². The van der Waals surface area contributed by atoms with Crippen LogP contribution in [0.25, 0.3) is 10.8 Å². The van der Waals surface area contributed by atoms with Gasteiger partial charge in [0.15, 0.2) is 0 Å². The Balaban J connectivity index is 1.59. The summed E-state index contributed by atoms with van der Waals surface area (Å²) in [6.45, 7) is 1.01. The monoisotopic (exact) mass is 418 g/mol. The summed E-state index contributed by atoms with van der Waals surface area (Å²) >= 11 is 0. The van der Waals surface area contributed by atoms with Crippen LogP contribution >= 0.6 is 0 Å². The van der Waals surface area contributed by atoms with E-state index in [9.17, 15) is 8.42 Å². The first-order valence-corrected chi connectivity index (χ1v) is 11.1. The molecule has 30 heavy (non-hydrogen) atoms. The van der Waals surface area contributed by atoms with Gasteiger partial charge in [0.25, 0.3) is 0 Å². The molecule has 0 saturated heterocycles. The van der Waals surface area contributed by atoms with Crippen LogP contribution < -0.4 is 15.2 Å². The lowest BCUT2D eigenvalue weighted by atomic mass is 10.0. The minimum absolute atomic E-state index is 0.0881. The molecule has 0 aromatic heterocycles. The highest BCUT2D eigenvalue weighted by Gasteiger charge is 2.11. The van der Waals surface area contributed by atoms with E-state index in [2.05, 4.69) is 23.5 Å². The number of hydrogen-bond acceptors (Lipinski definition) is 4. The smallest absolute Gasteiger partial charge is 0.238 e. The van der Waals surface area contributed by atoms with Crippen molar-refractivity contribution in [1.29, 1.82) is 0 Å². The first-order chi connectivity index (χ1) is 14.5. The Hall–Kier alpha value is -3.35. The molecule has 0 bridgehead atoms. The number of nitrogens with one attached hydrogen (secondary N) is 1. The fourth-order valence-electron chi connectivity index (χ4n) is 3.32. The zero-order chi connectivity index (χ0) is 21.0. The number of rotatable bonds is 7. The molecule has 0 aliphatic heterocycles. The molecule has 4 rings (SSSR count). The van der Waals surface area contributed by atoms with Crippen LogP contribution in [-0.4, -0.2) is 8.42 Å². The molecule has 0 fully saturated rings. The normalized spacial score (nSPS) is 11.4. The number of nitrogens with two attached hydrogens (primary N) is 1. The second-order valence-corrected chi connectivity index (χ2v) is 8.52. The molecule has 3 N–H and O–H groups in total. The molecule has 0 spiro atoms. The van der Waals surface area contributed by atoms with E-state index in [-0.39, 0.29) is 4.90 Å². The Bertz CT molecular complexity index is 1250. The van der Waals surface area contributed by atoms with Crippen LogP contribution in [0.5, 0.6) is 5.75 Å². The number of benzene rings is 4. The molecule has 0 unspecified atom stereocenters. The SMILES string of the molecule is NS(=O)(=O)c1ccc(NCc2c(OCc3ccccc3)ccc3ccccc23)cc1. The van der Waals surface area contributed by atoms with Crippen LogP contribution in [0.15, 0.2) is 95.9 Å². The molecule has 4 aromatic carbocycles. The molecular formula is C24H22N2O3S. The Morgan fingerprint density at radius 1 is 0.800 bits per heavy atom. The van der Waals surface area contributed by atoms with Crippen molar-refractivity contribution in [2.45, 2.75) is 18.0 Å². The lowest BCUT2D eigenvalue weighted by molar-refractivity contribution is 0.304. The number of primary sulfonamides is 1. The van der Waals surface area contributed by atoms with Crippen molar-refractivity contribution in [2.24, 2.45) is 5.14 Å². The van der Waals surface area contributed by atoms with Crippen molar-refractivity contribution in [2.75, 3.05) is 5.32 Å². The lowest BCUT2D eigenvalue weighted by Crippen LogP contribution is -2.12. The highest BCUT2D eigenvalue weighted by molar-refractivity contribution is 7.89. The second kappa shape index (κ2) is 8.57. The molecule has 0 aliphatic rings. The fraction of sp³-hybridized carbons (Fsp3) is 0.0833. The maximum atomic E-state index is 11.4. The molecule has 0 saturated carbocycles. The standard InChI is InChI=1S/C24H22N2O3S/c25-30(27,28)21-13-11-20(12-14-21)26-16-23-22-9-5-4-8-19(22)10-15-24(23)29-17-18-6-2-1-3-7-18/h1-15,26H,16-17H2,(H2,25,27,28). The van der Waals surface area contributed by atoms with Gasteiger partial charge in [0.2, 0.25) is 10.0 Å². The van der Waals surface area contributed by atoms with Gasteiger partial charge in [0.1, 0.15) is 12.4 Å². The van der Waals surface area contributed by atoms with Gasteiger partial charge in [-0.25, -0.2) is 13.6 Å². The average molecular weight is 419 g/mol. The van der Waals surface area contributed by atoms with Crippen LogP contribution in [-0.2, 0) is 23.2 Å². The van der Waals surface area contributed by atoms with E-state index in [0.717, 1.165) is 33.3 Å². The maximum absolute atomic E-state index is 11.4. The van der Waals surface area contributed by atoms with Crippen molar-refractivity contribution < 1.29 is 13.2 Å². The van der Waals surface area contributed by atoms with Crippen molar-refractivity contribution in [3.63, 3.8) is 0 Å². The highest BCUT2D eigenvalue weighted by atomic mass is 32.2. The van der Waals surface area contributed by atoms with Crippen molar-refractivity contribution >= 4 is 26.5 Å². The first-order valence-electron chi connectivity index (χ1n) is 9.55. The Morgan fingerprint density at radius 2 is 1.50 bits per heavy atom. The third-order valence-electron chi connectivity index (χ3n) is 4.89. The number of fused-ring (bicyclic) bond motifs is 1. The summed E-state index contributed by atoms with van der Waals surface area (Å²) in [5, 5.41) is 10.8. The molecule has 4 aromatic rings. The number of sulfonamides is 1. The Kier molecular flexibility index (Phi) is 5.70. The first kappa shape index (κ1) is 19.9. The van der Waals surface area contributed by atoms with Gasteiger partial charge in [-0.2, -0.15) is 0 Å². The maximum Gasteiger partial charge on any atom is 0.238 e. The van der Waals surface area contributed by atoms with Gasteiger partial charge in [0, 0.05) is 17.8 Å². The topological polar surface area (TPSA) is 81.4 Å². The quantitative estimate of drug-likeness (QED) is 0.457. The van der Waals surface area contributed by atoms with Gasteiger partial charge in [-0.1, -0.05) is 60.7 Å². The molecule has 0 amide bonds. The van der Waals surface area contributed by atoms with Gasteiger partial charge in [-0.3, -0.25) is 0 Å². The second-order valence-electron chi connectivity index (χ2n) is 6.96. The third kappa shape index (κ3) is 4.62. The summed E-state index contributed by atoms with van der Waals surface area (Å²) in [5.41, 5.74) is 2.94. The lowest BCUT2D eigenvalue weighted by Gasteiger charge is -2.16. The van der Waals surface area contributed by atoms with E-state index in [1.165, 1.54) is 12.1 Å². The van der Waals surface area contributed by atoms with E-state index in [1.807, 2.05) is 48.5 Å². The summed E-state index contributed by atoms with van der Waals surface area (Å²) < 4.78 is 29.0. The van der Waals surface area contributed by atoms with Crippen LogP contribution in [0, 0.1) is 0 Å². The summed E-state index contributed by atoms with van der Waals surface area (Å²) in [6.07, 6.45) is 0. The predicted octanol–water partition coefficient (Wildman–Crippen LogP) is 4.68. The Morgan fingerprint density at radius 3 is 2.23 bits per heavy atom. The van der Waals surface area contributed by atoms with Crippen LogP contribution in [0.2, 0.25) is 0 Å². The molecule has 0 atom stereocenters. The van der Waals surface area contributed by atoms with Crippen molar-refractivity contribution in [3.8, 4) is 5.75 Å². The molecule has 152 valence electrons.